The fourth-order valence-electron chi connectivity index (χ4n) is 3.04. The molecule has 0 saturated heterocycles. The second-order valence-electron chi connectivity index (χ2n) is 5.79. The number of fused-ring (bicyclic) bond motifs is 1. The second-order valence-corrected chi connectivity index (χ2v) is 5.79. The third kappa shape index (κ3) is 3.61. The van der Waals surface area contributed by atoms with Gasteiger partial charge in [-0.25, -0.2) is 0 Å². The Morgan fingerprint density at radius 3 is 2.50 bits per heavy atom. The quantitative estimate of drug-likeness (QED) is 0.761. The third-order valence-electron chi connectivity index (χ3n) is 4.21. The van der Waals surface area contributed by atoms with Crippen LogP contribution in [0.5, 0.6) is 0 Å². The number of rotatable bonds is 7. The highest BCUT2D eigenvalue weighted by Crippen LogP contribution is 2.23. The van der Waals surface area contributed by atoms with Crippen molar-refractivity contribution in [3.63, 3.8) is 0 Å². The van der Waals surface area contributed by atoms with Crippen molar-refractivity contribution in [3.05, 3.63) is 48.0 Å². The Morgan fingerprint density at radius 1 is 1.00 bits per heavy atom. The van der Waals surface area contributed by atoms with Gasteiger partial charge in [0, 0.05) is 6.04 Å². The molecule has 0 bridgehead atoms. The molecule has 0 radical (unpaired) electrons. The van der Waals surface area contributed by atoms with Crippen molar-refractivity contribution in [2.24, 2.45) is 5.92 Å². The monoisotopic (exact) mass is 269 g/mol. The number of benzene rings is 2. The summed E-state index contributed by atoms with van der Waals surface area (Å²) >= 11 is 0. The van der Waals surface area contributed by atoms with Crippen LogP contribution in [0.3, 0.4) is 0 Å². The fourth-order valence-corrected chi connectivity index (χ4v) is 3.04. The second kappa shape index (κ2) is 7.44. The van der Waals surface area contributed by atoms with Gasteiger partial charge < -0.3 is 5.32 Å². The first kappa shape index (κ1) is 15.1. The Bertz CT molecular complexity index is 527. The average molecular weight is 269 g/mol. The van der Waals surface area contributed by atoms with Crippen LogP contribution in [0.2, 0.25) is 0 Å². The van der Waals surface area contributed by atoms with Gasteiger partial charge in [0.2, 0.25) is 0 Å². The zero-order chi connectivity index (χ0) is 14.4. The van der Waals surface area contributed by atoms with Crippen LogP contribution in [-0.4, -0.2) is 12.6 Å². The predicted molar refractivity (Wildman–Crippen MR) is 89.2 cm³/mol. The van der Waals surface area contributed by atoms with Gasteiger partial charge in [-0.2, -0.15) is 0 Å². The molecule has 2 unspecified atom stereocenters. The largest absolute Gasteiger partial charge is 0.314 e. The summed E-state index contributed by atoms with van der Waals surface area (Å²) in [6.45, 7) is 8.01. The molecular weight excluding hydrogens is 242 g/mol. The lowest BCUT2D eigenvalue weighted by atomic mass is 9.90. The van der Waals surface area contributed by atoms with E-state index in [2.05, 4.69) is 68.6 Å². The van der Waals surface area contributed by atoms with Crippen molar-refractivity contribution < 1.29 is 0 Å². The summed E-state index contributed by atoms with van der Waals surface area (Å²) in [5, 5.41) is 6.45. The van der Waals surface area contributed by atoms with Crippen molar-refractivity contribution in [2.45, 2.75) is 46.1 Å². The summed E-state index contributed by atoms with van der Waals surface area (Å²) in [6, 6.07) is 16.0. The van der Waals surface area contributed by atoms with Gasteiger partial charge in [-0.3, -0.25) is 0 Å². The Morgan fingerprint density at radius 2 is 1.75 bits per heavy atom. The van der Waals surface area contributed by atoms with Crippen molar-refractivity contribution >= 4 is 10.8 Å². The predicted octanol–water partition coefficient (Wildman–Crippen LogP) is 4.80. The fraction of sp³-hybridized carbons (Fsp3) is 0.474. The molecule has 0 aliphatic heterocycles. The van der Waals surface area contributed by atoms with Gasteiger partial charge in [0.15, 0.2) is 0 Å². The maximum absolute atomic E-state index is 3.69. The van der Waals surface area contributed by atoms with E-state index in [9.17, 15) is 0 Å². The van der Waals surface area contributed by atoms with Gasteiger partial charge in [-0.15, -0.1) is 0 Å². The van der Waals surface area contributed by atoms with Crippen molar-refractivity contribution in [3.8, 4) is 0 Å². The summed E-state index contributed by atoms with van der Waals surface area (Å²) in [4.78, 5) is 0. The normalized spacial score (nSPS) is 14.3. The lowest BCUT2D eigenvalue weighted by Crippen LogP contribution is -2.35. The van der Waals surface area contributed by atoms with Crippen LogP contribution >= 0.6 is 0 Å². The molecule has 108 valence electrons. The summed E-state index contributed by atoms with van der Waals surface area (Å²) in [5.74, 6) is 0.664. The van der Waals surface area contributed by atoms with Gasteiger partial charge in [0.1, 0.15) is 0 Å². The molecule has 1 nitrogen and oxygen atoms in total. The molecule has 1 N–H and O–H groups in total. The average Bonchev–Trinajstić information content (AvgIpc) is 2.48. The van der Waals surface area contributed by atoms with E-state index >= 15 is 0 Å². The van der Waals surface area contributed by atoms with E-state index in [1.54, 1.807) is 0 Å². The van der Waals surface area contributed by atoms with Crippen LogP contribution in [0.4, 0.5) is 0 Å². The number of hydrogen-bond donors (Lipinski definition) is 1. The Kier molecular flexibility index (Phi) is 5.60. The lowest BCUT2D eigenvalue weighted by molar-refractivity contribution is 0.365. The molecule has 1 heteroatoms. The van der Waals surface area contributed by atoms with Crippen LogP contribution < -0.4 is 5.32 Å². The Labute approximate surface area is 123 Å². The van der Waals surface area contributed by atoms with Crippen molar-refractivity contribution in [1.29, 1.82) is 0 Å². The van der Waals surface area contributed by atoms with Crippen LogP contribution in [0.1, 0.15) is 39.2 Å². The van der Waals surface area contributed by atoms with Gasteiger partial charge in [-0.1, -0.05) is 63.2 Å². The van der Waals surface area contributed by atoms with Crippen LogP contribution in [0, 0.1) is 5.92 Å². The number of nitrogens with one attached hydrogen (secondary N) is 1. The first-order chi connectivity index (χ1) is 9.76. The van der Waals surface area contributed by atoms with Gasteiger partial charge in [0.25, 0.3) is 0 Å². The van der Waals surface area contributed by atoms with Gasteiger partial charge in [-0.05, 0) is 48.1 Å². The molecule has 2 aromatic rings. The zero-order valence-corrected chi connectivity index (χ0v) is 13.0. The number of hydrogen-bond acceptors (Lipinski definition) is 1. The minimum Gasteiger partial charge on any atom is -0.314 e. The maximum Gasteiger partial charge on any atom is 0.00932 e. The van der Waals surface area contributed by atoms with Crippen molar-refractivity contribution in [2.75, 3.05) is 6.54 Å². The molecule has 0 aliphatic rings. The third-order valence-corrected chi connectivity index (χ3v) is 4.21. The molecule has 0 heterocycles. The Balaban J connectivity index is 2.14. The molecule has 0 fully saturated rings. The molecule has 2 aromatic carbocycles. The van der Waals surface area contributed by atoms with E-state index in [1.165, 1.54) is 29.2 Å². The highest BCUT2D eigenvalue weighted by atomic mass is 14.9. The van der Waals surface area contributed by atoms with Crippen LogP contribution in [0.15, 0.2) is 42.5 Å². The Hall–Kier alpha value is -1.34. The standard InChI is InChI=1S/C19H27N/c1-4-13-20-19(5-2)15(3)14-17-11-8-10-16-9-6-7-12-18(16)17/h6-12,15,19-20H,4-5,13-14H2,1-3H3. The van der Waals surface area contributed by atoms with Crippen molar-refractivity contribution in [1.82, 2.24) is 5.32 Å². The topological polar surface area (TPSA) is 12.0 Å². The van der Waals surface area contributed by atoms with E-state index < -0.39 is 0 Å². The summed E-state index contributed by atoms with van der Waals surface area (Å²) < 4.78 is 0. The molecule has 0 spiro atoms. The zero-order valence-electron chi connectivity index (χ0n) is 13.0. The highest BCUT2D eigenvalue weighted by Gasteiger charge is 2.15. The molecule has 20 heavy (non-hydrogen) atoms. The minimum absolute atomic E-state index is 0.619. The van der Waals surface area contributed by atoms with Crippen LogP contribution in [0.25, 0.3) is 10.8 Å². The van der Waals surface area contributed by atoms with E-state index in [-0.39, 0.29) is 0 Å². The van der Waals surface area contributed by atoms with E-state index in [0.717, 1.165) is 13.0 Å². The summed E-state index contributed by atoms with van der Waals surface area (Å²) in [5.41, 5.74) is 1.48. The molecular formula is C19H27N. The van der Waals surface area contributed by atoms with Gasteiger partial charge >= 0.3 is 0 Å². The summed E-state index contributed by atoms with van der Waals surface area (Å²) in [7, 11) is 0. The first-order valence-corrected chi connectivity index (χ1v) is 7.96. The molecule has 2 atom stereocenters. The van der Waals surface area contributed by atoms with E-state index in [1.807, 2.05) is 0 Å². The summed E-state index contributed by atoms with van der Waals surface area (Å²) in [6.07, 6.45) is 3.56. The SMILES string of the molecule is CCCNC(CC)C(C)Cc1cccc2ccccc12. The minimum atomic E-state index is 0.619. The molecule has 0 aromatic heterocycles. The molecule has 2 rings (SSSR count). The molecule has 0 saturated carbocycles. The van der Waals surface area contributed by atoms with Crippen LogP contribution in [-0.2, 0) is 6.42 Å². The van der Waals surface area contributed by atoms with Gasteiger partial charge in [0.05, 0.1) is 0 Å². The maximum atomic E-state index is 3.69. The lowest BCUT2D eigenvalue weighted by Gasteiger charge is -2.24. The van der Waals surface area contributed by atoms with E-state index in [0.29, 0.717) is 12.0 Å². The first-order valence-electron chi connectivity index (χ1n) is 7.96. The highest BCUT2D eigenvalue weighted by molar-refractivity contribution is 5.85. The molecule has 0 aliphatic carbocycles. The molecule has 0 amide bonds. The van der Waals surface area contributed by atoms with E-state index in [4.69, 9.17) is 0 Å². The smallest absolute Gasteiger partial charge is 0.00932 e.